The zero-order valence-corrected chi connectivity index (χ0v) is 16.9. The van der Waals surface area contributed by atoms with Crippen LogP contribution in [0, 0.1) is 5.82 Å². The largest absolute Gasteiger partial charge is 0.477 e. The average Bonchev–Trinajstić information content (AvgIpc) is 2.75. The molecule has 1 atom stereocenters. The molecule has 1 fully saturated rings. The standard InChI is InChI=1S/C21H21ClFN3O4/c22-14-5-6-16(15(23)11-14)24-20(27)13-26-12-19(21(28)25-7-9-29-10-8-25)30-18-4-2-1-3-17(18)26/h1-6,11,19H,7-10,12-13H2,(H,24,27)/t19-/m1/s1. The molecular formula is C21H21ClFN3O4. The van der Waals surface area contributed by atoms with Crippen molar-refractivity contribution >= 4 is 34.8 Å². The Labute approximate surface area is 178 Å². The van der Waals surface area contributed by atoms with E-state index in [1.54, 1.807) is 15.9 Å². The highest BCUT2D eigenvalue weighted by Gasteiger charge is 2.34. The normalized spacial score (nSPS) is 18.4. The van der Waals surface area contributed by atoms with Gasteiger partial charge in [-0.25, -0.2) is 4.39 Å². The topological polar surface area (TPSA) is 71.1 Å². The summed E-state index contributed by atoms with van der Waals surface area (Å²) in [5, 5.41) is 2.80. The van der Waals surface area contributed by atoms with E-state index in [0.717, 1.165) is 6.07 Å². The lowest BCUT2D eigenvalue weighted by Gasteiger charge is -2.38. The fourth-order valence-corrected chi connectivity index (χ4v) is 3.69. The van der Waals surface area contributed by atoms with Crippen LogP contribution < -0.4 is 15.0 Å². The molecule has 2 aliphatic rings. The van der Waals surface area contributed by atoms with E-state index in [1.165, 1.54) is 12.1 Å². The van der Waals surface area contributed by atoms with E-state index in [2.05, 4.69) is 5.32 Å². The number of morpholine rings is 1. The number of carbonyl (C=O) groups is 2. The molecule has 1 saturated heterocycles. The smallest absolute Gasteiger partial charge is 0.265 e. The van der Waals surface area contributed by atoms with Crippen LogP contribution in [0.4, 0.5) is 15.8 Å². The lowest BCUT2D eigenvalue weighted by Crippen LogP contribution is -2.53. The van der Waals surface area contributed by atoms with Crippen LogP contribution in [0.2, 0.25) is 5.02 Å². The number of ether oxygens (including phenoxy) is 2. The second kappa shape index (κ2) is 8.89. The number of nitrogens with zero attached hydrogens (tertiary/aromatic N) is 2. The molecule has 2 aliphatic heterocycles. The van der Waals surface area contributed by atoms with Gasteiger partial charge < -0.3 is 24.6 Å². The summed E-state index contributed by atoms with van der Waals surface area (Å²) in [5.41, 5.74) is 0.752. The van der Waals surface area contributed by atoms with E-state index >= 15 is 0 Å². The van der Waals surface area contributed by atoms with Crippen LogP contribution in [0.3, 0.4) is 0 Å². The summed E-state index contributed by atoms with van der Waals surface area (Å²) >= 11 is 5.76. The number of carbonyl (C=O) groups excluding carboxylic acids is 2. The van der Waals surface area contributed by atoms with Crippen LogP contribution in [-0.4, -0.2) is 62.2 Å². The molecule has 0 aromatic heterocycles. The van der Waals surface area contributed by atoms with Gasteiger partial charge in [0, 0.05) is 18.1 Å². The molecule has 9 heteroatoms. The van der Waals surface area contributed by atoms with Crippen molar-refractivity contribution < 1.29 is 23.5 Å². The Morgan fingerprint density at radius 1 is 1.17 bits per heavy atom. The maximum atomic E-state index is 14.0. The molecule has 0 radical (unpaired) electrons. The first kappa shape index (κ1) is 20.4. The van der Waals surface area contributed by atoms with Crippen LogP contribution >= 0.6 is 11.6 Å². The maximum absolute atomic E-state index is 14.0. The van der Waals surface area contributed by atoms with Gasteiger partial charge in [-0.05, 0) is 30.3 Å². The van der Waals surface area contributed by atoms with E-state index in [4.69, 9.17) is 21.1 Å². The van der Waals surface area contributed by atoms with Crippen molar-refractivity contribution in [3.8, 4) is 5.75 Å². The number of anilines is 2. The second-order valence-corrected chi connectivity index (χ2v) is 7.50. The van der Waals surface area contributed by atoms with Crippen LogP contribution in [-0.2, 0) is 14.3 Å². The van der Waals surface area contributed by atoms with Gasteiger partial charge in [-0.3, -0.25) is 9.59 Å². The van der Waals surface area contributed by atoms with Crippen molar-refractivity contribution in [1.82, 2.24) is 4.90 Å². The Morgan fingerprint density at radius 3 is 2.70 bits per heavy atom. The van der Waals surface area contributed by atoms with Crippen molar-refractivity contribution in [3.05, 3.63) is 53.3 Å². The molecule has 2 amide bonds. The summed E-state index contributed by atoms with van der Waals surface area (Å²) in [4.78, 5) is 29.0. The number of amides is 2. The number of rotatable bonds is 4. The van der Waals surface area contributed by atoms with Gasteiger partial charge in [0.15, 0.2) is 6.10 Å². The quantitative estimate of drug-likeness (QED) is 0.802. The zero-order valence-electron chi connectivity index (χ0n) is 16.1. The van der Waals surface area contributed by atoms with Gasteiger partial charge in [-0.2, -0.15) is 0 Å². The zero-order chi connectivity index (χ0) is 21.1. The molecule has 7 nitrogen and oxygen atoms in total. The van der Waals surface area contributed by atoms with E-state index < -0.39 is 17.8 Å². The number of halogens is 2. The third kappa shape index (κ3) is 4.49. The predicted octanol–water partition coefficient (Wildman–Crippen LogP) is 2.54. The third-order valence-corrected chi connectivity index (χ3v) is 5.23. The summed E-state index contributed by atoms with van der Waals surface area (Å²) in [7, 11) is 0. The van der Waals surface area contributed by atoms with Gasteiger partial charge >= 0.3 is 0 Å². The number of nitrogens with one attached hydrogen (secondary N) is 1. The van der Waals surface area contributed by atoms with Crippen LogP contribution in [0.25, 0.3) is 0 Å². The van der Waals surface area contributed by atoms with E-state index in [-0.39, 0.29) is 29.7 Å². The summed E-state index contributed by atoms with van der Waals surface area (Å²) in [6.45, 7) is 2.16. The molecule has 2 heterocycles. The Bertz CT molecular complexity index is 952. The molecule has 2 aromatic carbocycles. The van der Waals surface area contributed by atoms with Crippen molar-refractivity contribution in [3.63, 3.8) is 0 Å². The van der Waals surface area contributed by atoms with Gasteiger partial charge in [0.2, 0.25) is 5.91 Å². The van der Waals surface area contributed by atoms with E-state index in [0.29, 0.717) is 37.7 Å². The summed E-state index contributed by atoms with van der Waals surface area (Å²) in [6, 6.07) is 11.3. The van der Waals surface area contributed by atoms with E-state index in [9.17, 15) is 14.0 Å². The third-order valence-electron chi connectivity index (χ3n) is 5.00. The highest BCUT2D eigenvalue weighted by atomic mass is 35.5. The van der Waals surface area contributed by atoms with Crippen LogP contribution in [0.1, 0.15) is 0 Å². The summed E-state index contributed by atoms with van der Waals surface area (Å²) in [5.74, 6) is -0.633. The minimum atomic E-state index is -0.738. The Balaban J connectivity index is 1.49. The molecule has 0 unspecified atom stereocenters. The summed E-state index contributed by atoms with van der Waals surface area (Å²) in [6.07, 6.45) is -0.738. The highest BCUT2D eigenvalue weighted by molar-refractivity contribution is 6.30. The monoisotopic (exact) mass is 433 g/mol. The average molecular weight is 434 g/mol. The Kier molecular flexibility index (Phi) is 6.06. The number of benzene rings is 2. The highest BCUT2D eigenvalue weighted by Crippen LogP contribution is 2.33. The molecule has 0 bridgehead atoms. The van der Waals surface area contributed by atoms with Crippen molar-refractivity contribution in [2.45, 2.75) is 6.10 Å². The fourth-order valence-electron chi connectivity index (χ4n) is 3.53. The van der Waals surface area contributed by atoms with Gasteiger partial charge in [0.1, 0.15) is 11.6 Å². The maximum Gasteiger partial charge on any atom is 0.265 e. The van der Waals surface area contributed by atoms with Gasteiger partial charge in [-0.1, -0.05) is 23.7 Å². The van der Waals surface area contributed by atoms with E-state index in [1.807, 2.05) is 18.2 Å². The molecule has 0 aliphatic carbocycles. The molecule has 0 saturated carbocycles. The molecule has 2 aromatic rings. The van der Waals surface area contributed by atoms with Crippen molar-refractivity contribution in [2.24, 2.45) is 0 Å². The number of hydrogen-bond donors (Lipinski definition) is 1. The first-order valence-corrected chi connectivity index (χ1v) is 10.0. The molecule has 4 rings (SSSR count). The SMILES string of the molecule is O=C(CN1C[C@H](C(=O)N2CCOCC2)Oc2ccccc21)Nc1ccc(Cl)cc1F. The lowest BCUT2D eigenvalue weighted by atomic mass is 10.1. The summed E-state index contributed by atoms with van der Waals surface area (Å²) < 4.78 is 25.2. The molecule has 0 spiro atoms. The minimum Gasteiger partial charge on any atom is -0.477 e. The minimum absolute atomic E-state index is 0.0480. The molecular weight excluding hydrogens is 413 g/mol. The van der Waals surface area contributed by atoms with Gasteiger partial charge in [0.25, 0.3) is 5.91 Å². The Hall–Kier alpha value is -2.84. The first-order chi connectivity index (χ1) is 14.5. The Morgan fingerprint density at radius 2 is 1.93 bits per heavy atom. The lowest BCUT2D eigenvalue weighted by molar-refractivity contribution is -0.142. The molecule has 30 heavy (non-hydrogen) atoms. The first-order valence-electron chi connectivity index (χ1n) is 9.63. The number of hydrogen-bond acceptors (Lipinski definition) is 5. The van der Waals surface area contributed by atoms with Gasteiger partial charge in [-0.15, -0.1) is 0 Å². The number of fused-ring (bicyclic) bond motifs is 1. The second-order valence-electron chi connectivity index (χ2n) is 7.06. The number of para-hydroxylation sites is 2. The fraction of sp³-hybridized carbons (Fsp3) is 0.333. The van der Waals surface area contributed by atoms with Gasteiger partial charge in [0.05, 0.1) is 37.7 Å². The van der Waals surface area contributed by atoms with Crippen molar-refractivity contribution in [2.75, 3.05) is 49.6 Å². The predicted molar refractivity (Wildman–Crippen MR) is 111 cm³/mol. The van der Waals surface area contributed by atoms with Crippen molar-refractivity contribution in [1.29, 1.82) is 0 Å². The molecule has 1 N–H and O–H groups in total. The van der Waals surface area contributed by atoms with Crippen LogP contribution in [0.5, 0.6) is 5.75 Å². The molecule has 158 valence electrons. The van der Waals surface area contributed by atoms with Crippen LogP contribution in [0.15, 0.2) is 42.5 Å².